The summed E-state index contributed by atoms with van der Waals surface area (Å²) in [5.41, 5.74) is 6.32. The third-order valence-corrected chi connectivity index (χ3v) is 2.21. The Morgan fingerprint density at radius 3 is 2.64 bits per heavy atom. The van der Waals surface area contributed by atoms with Crippen LogP contribution in [0.25, 0.3) is 0 Å². The Balaban J connectivity index is 3.14. The Morgan fingerprint density at radius 2 is 2.21 bits per heavy atom. The van der Waals surface area contributed by atoms with Crippen molar-refractivity contribution in [2.24, 2.45) is 5.73 Å². The van der Waals surface area contributed by atoms with Gasteiger partial charge in [-0.2, -0.15) is 0 Å². The van der Waals surface area contributed by atoms with Gasteiger partial charge < -0.3 is 10.5 Å². The summed E-state index contributed by atoms with van der Waals surface area (Å²) in [6.07, 6.45) is 0. The molecule has 0 aliphatic heterocycles. The van der Waals surface area contributed by atoms with Gasteiger partial charge in [-0.05, 0) is 12.1 Å². The van der Waals surface area contributed by atoms with Crippen LogP contribution >= 0.6 is 23.8 Å². The molecule has 0 saturated heterocycles. The summed E-state index contributed by atoms with van der Waals surface area (Å²) in [6.45, 7) is 0. The van der Waals surface area contributed by atoms with Crippen molar-refractivity contribution in [3.05, 3.63) is 34.3 Å². The van der Waals surface area contributed by atoms with Gasteiger partial charge >= 0.3 is 5.97 Å². The number of hydrogen-bond acceptors (Lipinski definition) is 3. The average molecular weight is 230 g/mol. The van der Waals surface area contributed by atoms with E-state index in [0.717, 1.165) is 0 Å². The molecular weight excluding hydrogens is 222 g/mol. The van der Waals surface area contributed by atoms with Crippen LogP contribution in [-0.2, 0) is 4.74 Å². The number of nitrogens with two attached hydrogens (primary N) is 1. The van der Waals surface area contributed by atoms with Crippen LogP contribution < -0.4 is 5.73 Å². The summed E-state index contributed by atoms with van der Waals surface area (Å²) in [5.74, 6) is -0.482. The normalized spacial score (nSPS) is 9.57. The molecule has 0 unspecified atom stereocenters. The van der Waals surface area contributed by atoms with Crippen molar-refractivity contribution in [3.8, 4) is 0 Å². The molecule has 0 aromatic heterocycles. The van der Waals surface area contributed by atoms with E-state index in [0.29, 0.717) is 11.1 Å². The fraction of sp³-hybridized carbons (Fsp3) is 0.111. The summed E-state index contributed by atoms with van der Waals surface area (Å²) in [4.78, 5) is 11.4. The van der Waals surface area contributed by atoms with Gasteiger partial charge in [0.2, 0.25) is 0 Å². The minimum absolute atomic E-state index is 0.239. The second kappa shape index (κ2) is 4.39. The van der Waals surface area contributed by atoms with E-state index < -0.39 is 5.97 Å². The van der Waals surface area contributed by atoms with Crippen molar-refractivity contribution in [3.63, 3.8) is 0 Å². The molecule has 1 aromatic carbocycles. The number of rotatable bonds is 2. The SMILES string of the molecule is COC(=O)c1ccc(C(N)=S)cc1Cl. The number of halogens is 1. The van der Waals surface area contributed by atoms with Crippen molar-refractivity contribution in [2.45, 2.75) is 0 Å². The highest BCUT2D eigenvalue weighted by Crippen LogP contribution is 2.18. The fourth-order valence-corrected chi connectivity index (χ4v) is 1.33. The number of esters is 1. The Labute approximate surface area is 91.8 Å². The molecule has 14 heavy (non-hydrogen) atoms. The topological polar surface area (TPSA) is 52.3 Å². The molecular formula is C9H8ClNO2S. The summed E-state index contributed by atoms with van der Waals surface area (Å²) < 4.78 is 4.53. The van der Waals surface area contributed by atoms with E-state index in [2.05, 4.69) is 4.74 Å². The first-order valence-corrected chi connectivity index (χ1v) is 4.52. The van der Waals surface area contributed by atoms with Crippen LogP contribution in [0.2, 0.25) is 5.02 Å². The molecule has 0 atom stereocenters. The first-order valence-electron chi connectivity index (χ1n) is 3.74. The smallest absolute Gasteiger partial charge is 0.339 e. The van der Waals surface area contributed by atoms with Crippen LogP contribution in [0.4, 0.5) is 0 Å². The first kappa shape index (κ1) is 10.9. The lowest BCUT2D eigenvalue weighted by Crippen LogP contribution is -2.10. The zero-order chi connectivity index (χ0) is 10.7. The number of thiocarbonyl (C=S) groups is 1. The van der Waals surface area contributed by atoms with E-state index in [1.165, 1.54) is 19.2 Å². The molecule has 2 N–H and O–H groups in total. The Hall–Kier alpha value is -1.13. The van der Waals surface area contributed by atoms with Gasteiger partial charge in [0, 0.05) is 5.56 Å². The van der Waals surface area contributed by atoms with E-state index >= 15 is 0 Å². The molecule has 0 aliphatic rings. The van der Waals surface area contributed by atoms with Gasteiger partial charge in [-0.25, -0.2) is 4.79 Å². The number of carbonyl (C=O) groups excluding carboxylic acids is 1. The number of hydrogen-bond donors (Lipinski definition) is 1. The van der Waals surface area contributed by atoms with E-state index in [4.69, 9.17) is 29.6 Å². The fourth-order valence-electron chi connectivity index (χ4n) is 0.944. The molecule has 0 amide bonds. The highest BCUT2D eigenvalue weighted by Gasteiger charge is 2.11. The van der Waals surface area contributed by atoms with Gasteiger partial charge in [0.25, 0.3) is 0 Å². The molecule has 1 rings (SSSR count). The summed E-state index contributed by atoms with van der Waals surface area (Å²) in [5, 5.41) is 0.280. The molecule has 0 fully saturated rings. The van der Waals surface area contributed by atoms with Gasteiger partial charge in [-0.3, -0.25) is 0 Å². The molecule has 0 spiro atoms. The van der Waals surface area contributed by atoms with Gasteiger partial charge in [-0.15, -0.1) is 0 Å². The third kappa shape index (κ3) is 2.21. The Morgan fingerprint density at radius 1 is 1.57 bits per heavy atom. The number of carbonyl (C=O) groups is 1. The van der Waals surface area contributed by atoms with Gasteiger partial charge in [-0.1, -0.05) is 29.9 Å². The predicted molar refractivity (Wildman–Crippen MR) is 58.7 cm³/mol. The second-order valence-electron chi connectivity index (χ2n) is 2.55. The zero-order valence-corrected chi connectivity index (χ0v) is 8.98. The lowest BCUT2D eigenvalue weighted by Gasteiger charge is -2.04. The minimum atomic E-state index is -0.482. The van der Waals surface area contributed by atoms with E-state index in [-0.39, 0.29) is 10.0 Å². The first-order chi connectivity index (χ1) is 6.56. The maximum atomic E-state index is 11.1. The summed E-state index contributed by atoms with van der Waals surface area (Å²) in [6, 6.07) is 4.69. The lowest BCUT2D eigenvalue weighted by atomic mass is 10.1. The van der Waals surface area contributed by atoms with Crippen LogP contribution in [0.5, 0.6) is 0 Å². The second-order valence-corrected chi connectivity index (χ2v) is 3.40. The van der Waals surface area contributed by atoms with E-state index in [9.17, 15) is 4.79 Å². The molecule has 74 valence electrons. The number of benzene rings is 1. The van der Waals surface area contributed by atoms with Crippen molar-refractivity contribution in [1.82, 2.24) is 0 Å². The van der Waals surface area contributed by atoms with Crippen molar-refractivity contribution in [1.29, 1.82) is 0 Å². The molecule has 5 heteroatoms. The molecule has 0 aliphatic carbocycles. The minimum Gasteiger partial charge on any atom is -0.465 e. The maximum absolute atomic E-state index is 11.1. The highest BCUT2D eigenvalue weighted by atomic mass is 35.5. The molecule has 3 nitrogen and oxygen atoms in total. The van der Waals surface area contributed by atoms with Crippen LogP contribution in [0.15, 0.2) is 18.2 Å². The summed E-state index contributed by atoms with van der Waals surface area (Å²) >= 11 is 10.6. The molecule has 0 saturated carbocycles. The predicted octanol–water partition coefficient (Wildman–Crippen LogP) is 1.76. The quantitative estimate of drug-likeness (QED) is 0.620. The van der Waals surface area contributed by atoms with E-state index in [1.54, 1.807) is 6.07 Å². The van der Waals surface area contributed by atoms with Crippen LogP contribution in [0.3, 0.4) is 0 Å². The maximum Gasteiger partial charge on any atom is 0.339 e. The molecule has 0 bridgehead atoms. The summed E-state index contributed by atoms with van der Waals surface area (Å²) in [7, 11) is 1.29. The van der Waals surface area contributed by atoms with E-state index in [1.807, 2.05) is 0 Å². The standard InChI is InChI=1S/C9H8ClNO2S/c1-13-9(12)6-3-2-5(8(11)14)4-7(6)10/h2-4H,1H3,(H2,11,14). The Kier molecular flexibility index (Phi) is 3.43. The largest absolute Gasteiger partial charge is 0.465 e. The highest BCUT2D eigenvalue weighted by molar-refractivity contribution is 7.80. The number of ether oxygens (including phenoxy) is 1. The third-order valence-electron chi connectivity index (χ3n) is 1.66. The molecule has 0 radical (unpaired) electrons. The van der Waals surface area contributed by atoms with Crippen molar-refractivity contribution >= 4 is 34.8 Å². The van der Waals surface area contributed by atoms with Gasteiger partial charge in [0.15, 0.2) is 0 Å². The average Bonchev–Trinajstić information content (AvgIpc) is 2.16. The van der Waals surface area contributed by atoms with Gasteiger partial charge in [0.05, 0.1) is 17.7 Å². The van der Waals surface area contributed by atoms with Crippen LogP contribution in [0.1, 0.15) is 15.9 Å². The molecule has 0 heterocycles. The Bertz CT molecular complexity index is 392. The van der Waals surface area contributed by atoms with Crippen molar-refractivity contribution in [2.75, 3.05) is 7.11 Å². The van der Waals surface area contributed by atoms with Crippen LogP contribution in [-0.4, -0.2) is 18.1 Å². The monoisotopic (exact) mass is 229 g/mol. The molecule has 1 aromatic rings. The number of methoxy groups -OCH3 is 1. The van der Waals surface area contributed by atoms with Gasteiger partial charge in [0.1, 0.15) is 4.99 Å². The zero-order valence-electron chi connectivity index (χ0n) is 7.41. The lowest BCUT2D eigenvalue weighted by molar-refractivity contribution is 0.0601. The van der Waals surface area contributed by atoms with Crippen molar-refractivity contribution < 1.29 is 9.53 Å². The van der Waals surface area contributed by atoms with Crippen LogP contribution in [0, 0.1) is 0 Å².